The van der Waals surface area contributed by atoms with E-state index in [4.69, 9.17) is 14.2 Å². The monoisotopic (exact) mass is 483 g/mol. The van der Waals surface area contributed by atoms with Gasteiger partial charge in [0.2, 0.25) is 0 Å². The van der Waals surface area contributed by atoms with Crippen molar-refractivity contribution in [2.24, 2.45) is 5.92 Å². The molecule has 31 heavy (non-hydrogen) atoms. The number of aromatic amines is 1. The molecule has 3 aromatic rings. The zero-order valence-corrected chi connectivity index (χ0v) is 18.8. The minimum Gasteiger partial charge on any atom is -0.489 e. The molecule has 1 aromatic heterocycles. The molecule has 7 heteroatoms. The highest BCUT2D eigenvalue weighted by Gasteiger charge is 2.49. The number of carbonyl (C=O) groups excluding carboxylic acids is 2. The van der Waals surface area contributed by atoms with Gasteiger partial charge in [0, 0.05) is 46.9 Å². The predicted octanol–water partition coefficient (Wildman–Crippen LogP) is 5.08. The zero-order chi connectivity index (χ0) is 22.2. The van der Waals surface area contributed by atoms with Gasteiger partial charge in [-0.2, -0.15) is 0 Å². The van der Waals surface area contributed by atoms with Gasteiger partial charge in [0.25, 0.3) is 5.79 Å². The first-order chi connectivity index (χ1) is 14.8. The van der Waals surface area contributed by atoms with Crippen LogP contribution in [0.25, 0.3) is 10.9 Å². The third kappa shape index (κ3) is 4.10. The van der Waals surface area contributed by atoms with E-state index < -0.39 is 29.6 Å². The average molecular weight is 484 g/mol. The Balaban J connectivity index is 1.93. The van der Waals surface area contributed by atoms with Crippen LogP contribution < -0.4 is 4.74 Å². The topological polar surface area (TPSA) is 77.6 Å². The molecule has 1 fully saturated rings. The third-order valence-electron chi connectivity index (χ3n) is 5.15. The number of aromatic nitrogens is 1. The Bertz CT molecular complexity index is 1150. The van der Waals surface area contributed by atoms with Crippen molar-refractivity contribution in [3.8, 4) is 5.75 Å². The van der Waals surface area contributed by atoms with E-state index in [1.807, 2.05) is 42.6 Å². The number of carbonyl (C=O) groups is 2. The second-order valence-electron chi connectivity index (χ2n) is 7.77. The summed E-state index contributed by atoms with van der Waals surface area (Å²) in [6, 6.07) is 13.2. The lowest BCUT2D eigenvalue weighted by Crippen LogP contribution is -2.48. The highest BCUT2D eigenvalue weighted by Crippen LogP contribution is 2.44. The van der Waals surface area contributed by atoms with Gasteiger partial charge in [-0.1, -0.05) is 46.8 Å². The summed E-state index contributed by atoms with van der Waals surface area (Å²) in [4.78, 5) is 29.4. The number of H-pyrrole nitrogens is 1. The molecular weight excluding hydrogens is 462 g/mol. The van der Waals surface area contributed by atoms with E-state index in [0.29, 0.717) is 11.3 Å². The molecule has 1 aliphatic heterocycles. The number of para-hydroxylation sites is 1. The van der Waals surface area contributed by atoms with Crippen molar-refractivity contribution in [1.82, 2.24) is 4.98 Å². The third-order valence-corrected chi connectivity index (χ3v) is 5.65. The first-order valence-electron chi connectivity index (χ1n) is 9.85. The minimum atomic E-state index is -1.31. The molecule has 4 rings (SSSR count). The Hall–Kier alpha value is -3.06. The normalized spacial score (nSPS) is 17.1. The van der Waals surface area contributed by atoms with Crippen LogP contribution in [0, 0.1) is 5.92 Å². The van der Waals surface area contributed by atoms with E-state index in [0.717, 1.165) is 20.9 Å². The number of halogens is 1. The Morgan fingerprint density at radius 3 is 2.58 bits per heavy atom. The van der Waals surface area contributed by atoms with E-state index in [1.54, 1.807) is 12.1 Å². The summed E-state index contributed by atoms with van der Waals surface area (Å²) in [6.07, 6.45) is 3.45. The van der Waals surface area contributed by atoms with Gasteiger partial charge < -0.3 is 19.2 Å². The molecule has 6 nitrogen and oxygen atoms in total. The van der Waals surface area contributed by atoms with E-state index in [-0.39, 0.29) is 6.61 Å². The first-order valence-corrected chi connectivity index (χ1v) is 10.6. The number of rotatable bonds is 6. The fourth-order valence-corrected chi connectivity index (χ4v) is 4.30. The number of benzene rings is 2. The van der Waals surface area contributed by atoms with E-state index >= 15 is 0 Å². The lowest BCUT2D eigenvalue weighted by molar-refractivity contribution is -0.240. The van der Waals surface area contributed by atoms with E-state index in [2.05, 4.69) is 27.5 Å². The lowest BCUT2D eigenvalue weighted by atomic mass is 9.79. The maximum Gasteiger partial charge on any atom is 0.324 e. The molecular formula is C24H22BrNO5. The lowest BCUT2D eigenvalue weighted by Gasteiger charge is -2.36. The number of cyclic esters (lactones) is 2. The SMILES string of the molecule is C=CCOc1ccc(Br)cc1[C@H](c1c[nH]c2ccccc12)C1C(=O)OC(C)(C)OC1=O. The quantitative estimate of drug-likeness (QED) is 0.300. The molecule has 0 saturated carbocycles. The number of hydrogen-bond donors (Lipinski definition) is 1. The van der Waals surface area contributed by atoms with Crippen molar-refractivity contribution in [2.75, 3.05) is 6.61 Å². The van der Waals surface area contributed by atoms with Crippen LogP contribution >= 0.6 is 15.9 Å². The maximum atomic E-state index is 13.1. The first kappa shape index (κ1) is 21.2. The van der Waals surface area contributed by atoms with Gasteiger partial charge in [-0.15, -0.1) is 0 Å². The Morgan fingerprint density at radius 1 is 1.16 bits per heavy atom. The van der Waals surface area contributed by atoms with Crippen molar-refractivity contribution in [3.63, 3.8) is 0 Å². The summed E-state index contributed by atoms with van der Waals surface area (Å²) in [7, 11) is 0. The molecule has 160 valence electrons. The highest BCUT2D eigenvalue weighted by molar-refractivity contribution is 9.10. The van der Waals surface area contributed by atoms with Gasteiger partial charge in [-0.3, -0.25) is 9.59 Å². The summed E-state index contributed by atoms with van der Waals surface area (Å²) >= 11 is 3.50. The van der Waals surface area contributed by atoms with Crippen LogP contribution in [0.15, 0.2) is 65.8 Å². The summed E-state index contributed by atoms with van der Waals surface area (Å²) in [5, 5.41) is 0.896. The molecule has 2 heterocycles. The Morgan fingerprint density at radius 2 is 1.87 bits per heavy atom. The van der Waals surface area contributed by atoms with Crippen LogP contribution in [0.4, 0.5) is 0 Å². The van der Waals surface area contributed by atoms with Gasteiger partial charge in [-0.25, -0.2) is 0 Å². The second-order valence-corrected chi connectivity index (χ2v) is 8.68. The molecule has 0 unspecified atom stereocenters. The fraction of sp³-hybridized carbons (Fsp3) is 0.250. The van der Waals surface area contributed by atoms with E-state index in [9.17, 15) is 9.59 Å². The molecule has 1 saturated heterocycles. The molecule has 1 atom stereocenters. The number of fused-ring (bicyclic) bond motifs is 1. The maximum absolute atomic E-state index is 13.1. The molecule has 0 radical (unpaired) electrons. The average Bonchev–Trinajstić information content (AvgIpc) is 3.13. The van der Waals surface area contributed by atoms with Crippen molar-refractivity contribution >= 4 is 38.8 Å². The highest BCUT2D eigenvalue weighted by atomic mass is 79.9. The Labute approximate surface area is 188 Å². The molecule has 1 N–H and O–H groups in total. The van der Waals surface area contributed by atoms with Gasteiger partial charge in [-0.05, 0) is 29.8 Å². The van der Waals surface area contributed by atoms with Crippen LogP contribution in [0.1, 0.15) is 30.9 Å². The van der Waals surface area contributed by atoms with Crippen molar-refractivity contribution in [3.05, 3.63) is 76.9 Å². The van der Waals surface area contributed by atoms with Gasteiger partial charge in [0.05, 0.1) is 0 Å². The molecule has 0 bridgehead atoms. The molecule has 2 aromatic carbocycles. The van der Waals surface area contributed by atoms with Crippen LogP contribution in [0.5, 0.6) is 5.75 Å². The van der Waals surface area contributed by atoms with Gasteiger partial charge in [0.1, 0.15) is 12.4 Å². The van der Waals surface area contributed by atoms with E-state index in [1.165, 1.54) is 13.8 Å². The van der Waals surface area contributed by atoms with Gasteiger partial charge >= 0.3 is 11.9 Å². The number of ether oxygens (including phenoxy) is 3. The van der Waals surface area contributed by atoms with Gasteiger partial charge in [0.15, 0.2) is 5.92 Å². The minimum absolute atomic E-state index is 0.280. The Kier molecular flexibility index (Phi) is 5.62. The van der Waals surface area contributed by atoms with Crippen molar-refractivity contribution in [1.29, 1.82) is 0 Å². The van der Waals surface area contributed by atoms with Crippen molar-refractivity contribution < 1.29 is 23.8 Å². The van der Waals surface area contributed by atoms with Crippen LogP contribution in [-0.4, -0.2) is 29.3 Å². The number of hydrogen-bond acceptors (Lipinski definition) is 5. The summed E-state index contributed by atoms with van der Waals surface area (Å²) < 4.78 is 17.6. The molecule has 0 aliphatic carbocycles. The van der Waals surface area contributed by atoms with Crippen LogP contribution in [0.3, 0.4) is 0 Å². The molecule has 0 amide bonds. The largest absolute Gasteiger partial charge is 0.489 e. The zero-order valence-electron chi connectivity index (χ0n) is 17.2. The molecule has 0 spiro atoms. The second kappa shape index (κ2) is 8.23. The summed E-state index contributed by atoms with van der Waals surface area (Å²) in [6.45, 7) is 7.06. The predicted molar refractivity (Wildman–Crippen MR) is 120 cm³/mol. The number of nitrogens with one attached hydrogen (secondary N) is 1. The van der Waals surface area contributed by atoms with Crippen LogP contribution in [0.2, 0.25) is 0 Å². The molecule has 1 aliphatic rings. The summed E-state index contributed by atoms with van der Waals surface area (Å²) in [5.41, 5.74) is 2.33. The summed E-state index contributed by atoms with van der Waals surface area (Å²) in [5.74, 6) is -3.91. The standard InChI is InChI=1S/C24H22BrNO5/c1-4-11-29-19-10-9-14(25)12-16(19)20(17-13-26-18-8-6-5-7-15(17)18)21-22(27)30-24(2,3)31-23(21)28/h4-10,12-13,20-21,26H,1,11H2,2-3H3/t20-/m1/s1. The smallest absolute Gasteiger partial charge is 0.324 e. The van der Waals surface area contributed by atoms with Crippen LogP contribution in [-0.2, 0) is 19.1 Å². The van der Waals surface area contributed by atoms with Crippen molar-refractivity contribution in [2.45, 2.75) is 25.6 Å². The number of esters is 2. The fourth-order valence-electron chi connectivity index (χ4n) is 3.92.